The van der Waals surface area contributed by atoms with Crippen LogP contribution in [-0.4, -0.2) is 95.4 Å². The molecule has 4 rings (SSSR count). The lowest BCUT2D eigenvalue weighted by Gasteiger charge is -2.14. The van der Waals surface area contributed by atoms with E-state index in [1.54, 1.807) is 6.07 Å². The maximum Gasteiger partial charge on any atom is 0.469 e. The van der Waals surface area contributed by atoms with E-state index >= 15 is 0 Å². The molecule has 0 radical (unpaired) electrons. The fourth-order valence-corrected chi connectivity index (χ4v) is 3.68. The van der Waals surface area contributed by atoms with Crippen LogP contribution in [0.2, 0.25) is 0 Å². The molecule has 1 aliphatic rings. The van der Waals surface area contributed by atoms with Crippen LogP contribution >= 0.6 is 7.82 Å². The van der Waals surface area contributed by atoms with Gasteiger partial charge in [0.15, 0.2) is 29.3 Å². The Morgan fingerprint density at radius 3 is 2.39 bits per heavy atom. The van der Waals surface area contributed by atoms with E-state index in [1.807, 2.05) is 0 Å². The van der Waals surface area contributed by atoms with Crippen LogP contribution in [0.4, 0.5) is 11.5 Å². The monoisotopic (exact) mass is 560 g/mol. The van der Waals surface area contributed by atoms with Crippen LogP contribution in [-0.2, 0) is 20.4 Å². The maximum absolute atomic E-state index is 11.3. The van der Waals surface area contributed by atoms with Gasteiger partial charge in [0.1, 0.15) is 30.2 Å². The molecule has 0 bridgehead atoms. The highest BCUT2D eigenvalue weighted by Gasteiger charge is 2.42. The lowest BCUT2D eigenvalue weighted by atomic mass is 10.1. The second-order valence-electron chi connectivity index (χ2n) is 7.60. The quantitative estimate of drug-likeness (QED) is 0.0980. The molecule has 2 aromatic heterocycles. The maximum atomic E-state index is 11.3. The smallest absolute Gasteiger partial charge is 0.469 e. The summed E-state index contributed by atoms with van der Waals surface area (Å²) in [6, 6.07) is 2.90. The Morgan fingerprint density at radius 2 is 1.82 bits per heavy atom. The predicted octanol–water partition coefficient (Wildman–Crippen LogP) is -0.575. The Labute approximate surface area is 213 Å². The van der Waals surface area contributed by atoms with Crippen molar-refractivity contribution in [2.75, 3.05) is 26.1 Å². The van der Waals surface area contributed by atoms with Crippen molar-refractivity contribution in [2.45, 2.75) is 31.1 Å². The molecular formula is C19H25N6O12P. The molecule has 0 aliphatic carbocycles. The Morgan fingerprint density at radius 1 is 1.13 bits per heavy atom. The molecule has 1 aromatic carbocycles. The predicted molar refractivity (Wildman–Crippen MR) is 126 cm³/mol. The van der Waals surface area contributed by atoms with Crippen molar-refractivity contribution in [3.63, 3.8) is 0 Å². The second-order valence-corrected chi connectivity index (χ2v) is 8.84. The first-order chi connectivity index (χ1) is 17.9. The highest BCUT2D eigenvalue weighted by atomic mass is 31.2. The molecule has 7 N–H and O–H groups in total. The van der Waals surface area contributed by atoms with E-state index in [9.17, 15) is 14.7 Å². The average molecular weight is 560 g/mol. The number of ether oxygens (including phenoxy) is 3. The van der Waals surface area contributed by atoms with Crippen molar-refractivity contribution in [1.29, 1.82) is 0 Å². The first-order valence-electron chi connectivity index (χ1n) is 10.6. The van der Waals surface area contributed by atoms with Gasteiger partial charge >= 0.3 is 7.82 Å². The average Bonchev–Trinajstić information content (AvgIpc) is 3.46. The summed E-state index contributed by atoms with van der Waals surface area (Å²) < 4.78 is 29.2. The SMILES string of the molecule is COc1cc(CNc2ncnc3nc[nH]c23)c([N+](=O)[O-])cc1OC.O=P(O)(O)OC[C@H]1OC(O)[C@H](O)[C@@H]1O. The topological polar surface area (TPSA) is 265 Å². The molecule has 38 heavy (non-hydrogen) atoms. The van der Waals surface area contributed by atoms with E-state index in [1.165, 1.54) is 32.9 Å². The fraction of sp³-hybridized carbons (Fsp3) is 0.421. The molecular weight excluding hydrogens is 535 g/mol. The Bertz CT molecular complexity index is 1300. The van der Waals surface area contributed by atoms with E-state index in [-0.39, 0.29) is 12.2 Å². The lowest BCUT2D eigenvalue weighted by molar-refractivity contribution is -0.385. The minimum atomic E-state index is -4.64. The third-order valence-corrected chi connectivity index (χ3v) is 5.68. The molecule has 4 atom stereocenters. The summed E-state index contributed by atoms with van der Waals surface area (Å²) in [6.07, 6.45) is -2.79. The van der Waals surface area contributed by atoms with E-state index in [0.717, 1.165) is 0 Å². The lowest BCUT2D eigenvalue weighted by Crippen LogP contribution is -2.34. The van der Waals surface area contributed by atoms with E-state index < -0.39 is 44.0 Å². The summed E-state index contributed by atoms with van der Waals surface area (Å²) in [7, 11) is -1.74. The first kappa shape index (κ1) is 29.1. The number of aromatic nitrogens is 4. The van der Waals surface area contributed by atoms with Gasteiger partial charge in [0.2, 0.25) is 0 Å². The van der Waals surface area contributed by atoms with Crippen LogP contribution in [0.3, 0.4) is 0 Å². The molecule has 1 saturated heterocycles. The number of aliphatic hydroxyl groups is 3. The third-order valence-electron chi connectivity index (χ3n) is 5.19. The zero-order valence-electron chi connectivity index (χ0n) is 19.9. The Balaban J connectivity index is 0.000000244. The standard InChI is InChI=1S/C14H14N6O4.C5H11O8P/c1-23-10-3-8(9(20(21)22)4-11(10)24-2)5-15-13-12-14(17-6-16-12)19-7-18-13;6-3-2(1-12-14(9,10)11)13-5(8)4(3)7/h3-4,6-7H,5H2,1-2H3,(H2,15,16,17,18,19);2-8H,1H2,(H2,9,10,11)/t;2-,3-,4-,5?/m.1/s1. The largest absolute Gasteiger partial charge is 0.493 e. The minimum Gasteiger partial charge on any atom is -0.493 e. The van der Waals surface area contributed by atoms with Gasteiger partial charge in [0.05, 0.1) is 43.7 Å². The first-order valence-corrected chi connectivity index (χ1v) is 12.1. The molecule has 3 heterocycles. The Kier molecular flexibility index (Phi) is 9.47. The van der Waals surface area contributed by atoms with Crippen molar-refractivity contribution in [3.8, 4) is 11.5 Å². The highest BCUT2D eigenvalue weighted by Crippen LogP contribution is 2.37. The van der Waals surface area contributed by atoms with Gasteiger partial charge in [-0.3, -0.25) is 14.6 Å². The molecule has 0 saturated carbocycles. The highest BCUT2D eigenvalue weighted by molar-refractivity contribution is 7.46. The number of aromatic amines is 1. The second kappa shape index (κ2) is 12.4. The van der Waals surface area contributed by atoms with Gasteiger partial charge in [-0.2, -0.15) is 0 Å². The van der Waals surface area contributed by atoms with Crippen LogP contribution in [0, 0.1) is 10.1 Å². The number of methoxy groups -OCH3 is 2. The number of anilines is 1. The number of phosphoric ester groups is 1. The molecule has 0 spiro atoms. The molecule has 3 aromatic rings. The Hall–Kier alpha value is -3.48. The number of nitro benzene ring substituents is 1. The number of nitro groups is 1. The van der Waals surface area contributed by atoms with Crippen LogP contribution in [0.15, 0.2) is 24.8 Å². The van der Waals surface area contributed by atoms with Crippen LogP contribution in [0.1, 0.15) is 5.56 Å². The van der Waals surface area contributed by atoms with Gasteiger partial charge < -0.3 is 49.6 Å². The van der Waals surface area contributed by atoms with Gasteiger partial charge in [0.25, 0.3) is 5.69 Å². The number of imidazole rings is 1. The summed E-state index contributed by atoms with van der Waals surface area (Å²) in [4.78, 5) is 42.6. The molecule has 18 nitrogen and oxygen atoms in total. The van der Waals surface area contributed by atoms with Gasteiger partial charge in [-0.1, -0.05) is 0 Å². The van der Waals surface area contributed by atoms with Crippen LogP contribution in [0.25, 0.3) is 11.2 Å². The van der Waals surface area contributed by atoms with Gasteiger partial charge in [-0.25, -0.2) is 19.5 Å². The number of hydrogen-bond donors (Lipinski definition) is 7. The molecule has 19 heteroatoms. The van der Waals surface area contributed by atoms with Gasteiger partial charge in [0, 0.05) is 6.54 Å². The normalized spacial score (nSPS) is 21.0. The zero-order valence-corrected chi connectivity index (χ0v) is 20.8. The van der Waals surface area contributed by atoms with Gasteiger partial charge in [-0.15, -0.1) is 0 Å². The molecule has 1 aliphatic heterocycles. The molecule has 1 fully saturated rings. The summed E-state index contributed by atoms with van der Waals surface area (Å²) >= 11 is 0. The number of nitrogens with one attached hydrogen (secondary N) is 2. The van der Waals surface area contributed by atoms with E-state index in [0.29, 0.717) is 34.0 Å². The summed E-state index contributed by atoms with van der Waals surface area (Å²) in [5, 5.41) is 41.4. The summed E-state index contributed by atoms with van der Waals surface area (Å²) in [5.74, 6) is 1.21. The number of rotatable bonds is 9. The summed E-state index contributed by atoms with van der Waals surface area (Å²) in [6.45, 7) is -0.443. The molecule has 0 amide bonds. The molecule has 1 unspecified atom stereocenters. The number of hydrogen-bond acceptors (Lipinski definition) is 14. The third kappa shape index (κ3) is 7.09. The van der Waals surface area contributed by atoms with Crippen molar-refractivity contribution >= 4 is 30.5 Å². The van der Waals surface area contributed by atoms with Crippen LogP contribution in [0.5, 0.6) is 11.5 Å². The number of nitrogens with zero attached hydrogens (tertiary/aromatic N) is 4. The van der Waals surface area contributed by atoms with Crippen LogP contribution < -0.4 is 14.8 Å². The van der Waals surface area contributed by atoms with Crippen molar-refractivity contribution in [1.82, 2.24) is 19.9 Å². The van der Waals surface area contributed by atoms with Crippen molar-refractivity contribution in [3.05, 3.63) is 40.5 Å². The van der Waals surface area contributed by atoms with Gasteiger partial charge in [-0.05, 0) is 6.07 Å². The summed E-state index contributed by atoms with van der Waals surface area (Å²) in [5.41, 5.74) is 1.49. The van der Waals surface area contributed by atoms with E-state index in [2.05, 4.69) is 34.5 Å². The zero-order chi connectivity index (χ0) is 28.0. The molecule has 208 valence electrons. The number of H-pyrrole nitrogens is 1. The number of phosphoric acid groups is 1. The number of aliphatic hydroxyl groups excluding tert-OH is 3. The van der Waals surface area contributed by atoms with Crippen molar-refractivity contribution in [2.24, 2.45) is 0 Å². The fourth-order valence-electron chi connectivity index (χ4n) is 3.34. The number of benzene rings is 1. The van der Waals surface area contributed by atoms with E-state index in [4.69, 9.17) is 34.6 Å². The minimum absolute atomic E-state index is 0.0740. The number of fused-ring (bicyclic) bond motifs is 1. The van der Waals surface area contributed by atoms with Crippen molar-refractivity contribution < 1.29 is 53.3 Å².